The molecular weight excluding hydrogens is 433 g/mol. The van der Waals surface area contributed by atoms with E-state index in [1.165, 1.54) is 12.1 Å². The molecule has 4 rings (SSSR count). The van der Waals surface area contributed by atoms with E-state index in [2.05, 4.69) is 10.2 Å². The average molecular weight is 458 g/mol. The maximum Gasteiger partial charge on any atom is 0.321 e. The highest BCUT2D eigenvalue weighted by atomic mass is 35.5. The van der Waals surface area contributed by atoms with Gasteiger partial charge >= 0.3 is 6.03 Å². The number of hydrogen-bond acceptors (Lipinski definition) is 5. The number of amides is 2. The lowest BCUT2D eigenvalue weighted by atomic mass is 10.1. The Morgan fingerprint density at radius 1 is 1.19 bits per heavy atom. The molecule has 2 heterocycles. The highest BCUT2D eigenvalue weighted by Gasteiger charge is 2.25. The molecule has 168 valence electrons. The molecule has 0 radical (unpaired) electrons. The summed E-state index contributed by atoms with van der Waals surface area (Å²) in [4.78, 5) is 21.3. The van der Waals surface area contributed by atoms with Crippen molar-refractivity contribution in [2.24, 2.45) is 0 Å². The lowest BCUT2D eigenvalue weighted by Crippen LogP contribution is -2.50. The third-order valence-electron chi connectivity index (χ3n) is 5.56. The molecule has 1 aliphatic rings. The van der Waals surface area contributed by atoms with Crippen LogP contribution in [0.5, 0.6) is 0 Å². The van der Waals surface area contributed by atoms with Crippen LogP contribution in [0.15, 0.2) is 42.5 Å². The van der Waals surface area contributed by atoms with E-state index in [9.17, 15) is 9.18 Å². The number of aromatic nitrogens is 1. The van der Waals surface area contributed by atoms with Gasteiger partial charge in [-0.3, -0.25) is 4.98 Å². The number of ether oxygens (including phenoxy) is 1. The number of anilines is 3. The number of hydrogen-bond donors (Lipinski definition) is 2. The van der Waals surface area contributed by atoms with Crippen LogP contribution in [0, 0.1) is 5.82 Å². The fourth-order valence-corrected chi connectivity index (χ4v) is 4.05. The molecule has 0 unspecified atom stereocenters. The molecule has 1 saturated heterocycles. The molecule has 0 atom stereocenters. The normalized spacial score (nSPS) is 14.1. The fourth-order valence-electron chi connectivity index (χ4n) is 3.88. The molecule has 1 aromatic heterocycles. The zero-order valence-electron chi connectivity index (χ0n) is 17.8. The number of nitrogens with one attached hydrogen (secondary N) is 1. The van der Waals surface area contributed by atoms with Crippen molar-refractivity contribution in [2.45, 2.75) is 6.42 Å². The Bertz CT molecular complexity index is 1120. The van der Waals surface area contributed by atoms with Gasteiger partial charge in [0.05, 0.1) is 29.2 Å². The summed E-state index contributed by atoms with van der Waals surface area (Å²) >= 11 is 6.20. The molecule has 2 amide bonds. The quantitative estimate of drug-likeness (QED) is 0.601. The van der Waals surface area contributed by atoms with E-state index in [4.69, 9.17) is 27.1 Å². The van der Waals surface area contributed by atoms with Crippen LogP contribution in [0.2, 0.25) is 5.02 Å². The molecule has 1 aliphatic heterocycles. The monoisotopic (exact) mass is 457 g/mol. The maximum absolute atomic E-state index is 13.1. The molecule has 0 aliphatic carbocycles. The number of urea groups is 1. The molecular formula is C23H25ClFN5O2. The van der Waals surface area contributed by atoms with Gasteiger partial charge < -0.3 is 25.6 Å². The number of methoxy groups -OCH3 is 1. The maximum atomic E-state index is 13.1. The molecule has 3 N–H and O–H groups in total. The van der Waals surface area contributed by atoms with E-state index in [0.29, 0.717) is 55.6 Å². The summed E-state index contributed by atoms with van der Waals surface area (Å²) in [5.41, 5.74) is 10.2. The second-order valence-corrected chi connectivity index (χ2v) is 8.07. The topological polar surface area (TPSA) is 83.7 Å². The summed E-state index contributed by atoms with van der Waals surface area (Å²) in [6.07, 6.45) is 0.595. The lowest BCUT2D eigenvalue weighted by molar-refractivity contribution is 0.201. The summed E-state index contributed by atoms with van der Waals surface area (Å²) in [5, 5.41) is 4.35. The van der Waals surface area contributed by atoms with Gasteiger partial charge in [-0.1, -0.05) is 11.6 Å². The molecule has 0 spiro atoms. The number of benzene rings is 2. The van der Waals surface area contributed by atoms with Gasteiger partial charge in [-0.2, -0.15) is 0 Å². The number of carbonyl (C=O) groups excluding carboxylic acids is 1. The van der Waals surface area contributed by atoms with Gasteiger partial charge in [0.25, 0.3) is 0 Å². The molecule has 3 aromatic rings. The molecule has 0 bridgehead atoms. The van der Waals surface area contributed by atoms with Crippen LogP contribution in [-0.4, -0.2) is 55.8 Å². The predicted octanol–water partition coefficient (Wildman–Crippen LogP) is 4.15. The van der Waals surface area contributed by atoms with Crippen LogP contribution >= 0.6 is 11.6 Å². The van der Waals surface area contributed by atoms with Crippen LogP contribution in [0.4, 0.5) is 26.2 Å². The number of pyridine rings is 1. The van der Waals surface area contributed by atoms with Gasteiger partial charge in [0.2, 0.25) is 0 Å². The van der Waals surface area contributed by atoms with E-state index in [0.717, 1.165) is 22.3 Å². The Hall–Kier alpha value is -3.10. The number of nitrogens with two attached hydrogens (primary N) is 1. The van der Waals surface area contributed by atoms with Crippen LogP contribution in [0.3, 0.4) is 0 Å². The largest absolute Gasteiger partial charge is 0.396 e. The van der Waals surface area contributed by atoms with Crippen molar-refractivity contribution >= 4 is 45.6 Å². The van der Waals surface area contributed by atoms with E-state index < -0.39 is 0 Å². The first-order valence-corrected chi connectivity index (χ1v) is 10.8. The van der Waals surface area contributed by atoms with Crippen molar-refractivity contribution in [3.8, 4) is 0 Å². The van der Waals surface area contributed by atoms with Crippen molar-refractivity contribution in [3.63, 3.8) is 0 Å². The Morgan fingerprint density at radius 2 is 1.91 bits per heavy atom. The summed E-state index contributed by atoms with van der Waals surface area (Å²) in [5.74, 6) is -0.343. The minimum atomic E-state index is -0.343. The van der Waals surface area contributed by atoms with Crippen molar-refractivity contribution in [1.29, 1.82) is 0 Å². The summed E-state index contributed by atoms with van der Waals surface area (Å²) in [6, 6.07) is 11.1. The SMILES string of the molecule is COCCc1nc2cc(Cl)ccc2c(N2CCN(C(=O)Nc3ccc(F)cc3)CC2)c1N. The number of nitrogens with zero attached hydrogens (tertiary/aromatic N) is 3. The minimum Gasteiger partial charge on any atom is -0.396 e. The average Bonchev–Trinajstić information content (AvgIpc) is 2.79. The second-order valence-electron chi connectivity index (χ2n) is 7.64. The molecule has 1 fully saturated rings. The van der Waals surface area contributed by atoms with Crippen molar-refractivity contribution < 1.29 is 13.9 Å². The van der Waals surface area contributed by atoms with E-state index >= 15 is 0 Å². The Morgan fingerprint density at radius 3 is 2.59 bits per heavy atom. The van der Waals surface area contributed by atoms with Crippen LogP contribution in [0.25, 0.3) is 10.9 Å². The van der Waals surface area contributed by atoms with Gasteiger partial charge in [0, 0.05) is 55.8 Å². The zero-order valence-corrected chi connectivity index (χ0v) is 18.5. The Labute approximate surface area is 190 Å². The Balaban J connectivity index is 1.53. The third kappa shape index (κ3) is 4.71. The standard InChI is InChI=1S/C23H25ClFN5O2/c1-32-13-8-19-21(26)22(18-7-2-15(24)14-20(18)28-19)29-9-11-30(12-10-29)23(31)27-17-5-3-16(25)4-6-17/h2-7,14H,8-13,26H2,1H3,(H,27,31). The molecule has 32 heavy (non-hydrogen) atoms. The predicted molar refractivity (Wildman–Crippen MR) is 126 cm³/mol. The van der Waals surface area contributed by atoms with E-state index in [1.54, 1.807) is 24.1 Å². The van der Waals surface area contributed by atoms with Gasteiger partial charge in [0.15, 0.2) is 0 Å². The van der Waals surface area contributed by atoms with Gasteiger partial charge in [-0.25, -0.2) is 9.18 Å². The highest BCUT2D eigenvalue weighted by Crippen LogP contribution is 2.36. The number of halogens is 2. The molecule has 7 nitrogen and oxygen atoms in total. The lowest BCUT2D eigenvalue weighted by Gasteiger charge is -2.37. The number of rotatable bonds is 5. The Kier molecular flexibility index (Phi) is 6.62. The van der Waals surface area contributed by atoms with Crippen LogP contribution in [0.1, 0.15) is 5.69 Å². The number of piperazine rings is 1. The first-order chi connectivity index (χ1) is 15.5. The number of nitrogen functional groups attached to an aromatic ring is 1. The number of fused-ring (bicyclic) bond motifs is 1. The second kappa shape index (κ2) is 9.58. The fraction of sp³-hybridized carbons (Fsp3) is 0.304. The van der Waals surface area contributed by atoms with Crippen LogP contribution in [-0.2, 0) is 11.2 Å². The van der Waals surface area contributed by atoms with E-state index in [1.807, 2.05) is 18.2 Å². The third-order valence-corrected chi connectivity index (χ3v) is 5.79. The van der Waals surface area contributed by atoms with E-state index in [-0.39, 0.29) is 11.8 Å². The van der Waals surface area contributed by atoms with Gasteiger partial charge in [-0.05, 0) is 42.5 Å². The van der Waals surface area contributed by atoms with Crippen molar-refractivity contribution in [2.75, 3.05) is 55.8 Å². The van der Waals surface area contributed by atoms with Crippen molar-refractivity contribution in [1.82, 2.24) is 9.88 Å². The first kappa shape index (κ1) is 22.1. The molecule has 2 aromatic carbocycles. The molecule has 0 saturated carbocycles. The zero-order chi connectivity index (χ0) is 22.7. The smallest absolute Gasteiger partial charge is 0.321 e. The van der Waals surface area contributed by atoms with Crippen molar-refractivity contribution in [3.05, 3.63) is 59.0 Å². The minimum absolute atomic E-state index is 0.212. The summed E-state index contributed by atoms with van der Waals surface area (Å²) in [7, 11) is 1.64. The number of carbonyl (C=O) groups is 1. The van der Waals surface area contributed by atoms with Gasteiger partial charge in [0.1, 0.15) is 5.82 Å². The highest BCUT2D eigenvalue weighted by molar-refractivity contribution is 6.31. The van der Waals surface area contributed by atoms with Gasteiger partial charge in [-0.15, -0.1) is 0 Å². The molecule has 9 heteroatoms. The first-order valence-electron chi connectivity index (χ1n) is 10.4. The summed E-state index contributed by atoms with van der Waals surface area (Å²) < 4.78 is 18.3. The van der Waals surface area contributed by atoms with Crippen LogP contribution < -0.4 is 16.0 Å². The summed E-state index contributed by atoms with van der Waals surface area (Å²) in [6.45, 7) is 2.80.